The van der Waals surface area contributed by atoms with Crippen LogP contribution in [0.1, 0.15) is 17.0 Å². The molecule has 1 aromatic carbocycles. The van der Waals surface area contributed by atoms with Crippen LogP contribution in [-0.2, 0) is 23.5 Å². The van der Waals surface area contributed by atoms with Crippen molar-refractivity contribution in [2.24, 2.45) is 0 Å². The van der Waals surface area contributed by atoms with Crippen LogP contribution in [0.3, 0.4) is 0 Å². The van der Waals surface area contributed by atoms with Gasteiger partial charge < -0.3 is 14.5 Å². The fourth-order valence-electron chi connectivity index (χ4n) is 3.26. The number of carbonyl (C=O) groups is 1. The molecule has 0 aliphatic carbocycles. The second-order valence-electron chi connectivity index (χ2n) is 6.28. The second-order valence-corrected chi connectivity index (χ2v) is 7.33. The number of morpholine rings is 1. The molecule has 2 aliphatic rings. The van der Waals surface area contributed by atoms with E-state index in [1.165, 1.54) is 16.2 Å². The van der Waals surface area contributed by atoms with Crippen molar-refractivity contribution in [3.63, 3.8) is 0 Å². The van der Waals surface area contributed by atoms with Crippen molar-refractivity contribution in [1.29, 1.82) is 0 Å². The van der Waals surface area contributed by atoms with Crippen LogP contribution in [0.15, 0.2) is 35.2 Å². The van der Waals surface area contributed by atoms with Gasteiger partial charge in [0, 0.05) is 48.0 Å². The molecule has 2 aliphatic heterocycles. The molecule has 2 aromatic rings. The molecule has 4 rings (SSSR count). The maximum absolute atomic E-state index is 12.7. The molecule has 6 nitrogen and oxygen atoms in total. The lowest BCUT2D eigenvalue weighted by Gasteiger charge is -2.34. The summed E-state index contributed by atoms with van der Waals surface area (Å²) in [5.41, 5.74) is 3.43. The van der Waals surface area contributed by atoms with Crippen molar-refractivity contribution >= 4 is 17.8 Å². The molecule has 2 amide bonds. The highest BCUT2D eigenvalue weighted by Gasteiger charge is 2.28. The number of hydrogen-bond donors (Lipinski definition) is 1. The number of thioether (sulfide) groups is 1. The van der Waals surface area contributed by atoms with Gasteiger partial charge in [-0.25, -0.2) is 4.79 Å². The zero-order valence-electron chi connectivity index (χ0n) is 14.1. The number of carbonyl (C=O) groups excluding carboxylic acids is 1. The lowest BCUT2D eigenvalue weighted by molar-refractivity contribution is 0.0421. The predicted molar refractivity (Wildman–Crippen MR) is 96.5 cm³/mol. The summed E-state index contributed by atoms with van der Waals surface area (Å²) in [6.07, 6.45) is 0.842. The van der Waals surface area contributed by atoms with Gasteiger partial charge in [-0.3, -0.25) is 5.10 Å². The number of amides is 2. The molecule has 1 fully saturated rings. The van der Waals surface area contributed by atoms with Crippen LogP contribution < -0.4 is 0 Å². The number of hydrogen-bond acceptors (Lipinski definition) is 4. The molecule has 0 radical (unpaired) electrons. The number of fused-ring (bicyclic) bond motifs is 1. The van der Waals surface area contributed by atoms with Gasteiger partial charge in [0.25, 0.3) is 0 Å². The van der Waals surface area contributed by atoms with Gasteiger partial charge in [-0.15, -0.1) is 11.8 Å². The van der Waals surface area contributed by atoms with E-state index >= 15 is 0 Å². The molecule has 132 valence electrons. The number of nitrogens with zero attached hydrogens (tertiary/aromatic N) is 3. The maximum atomic E-state index is 12.7. The lowest BCUT2D eigenvalue weighted by Crippen LogP contribution is -2.49. The summed E-state index contributed by atoms with van der Waals surface area (Å²) in [6.45, 7) is 4.03. The van der Waals surface area contributed by atoms with E-state index in [0.717, 1.165) is 24.4 Å². The number of H-pyrrole nitrogens is 1. The summed E-state index contributed by atoms with van der Waals surface area (Å²) in [5, 5.41) is 7.67. The first kappa shape index (κ1) is 16.5. The van der Waals surface area contributed by atoms with Crippen molar-refractivity contribution in [1.82, 2.24) is 20.0 Å². The average Bonchev–Trinajstić information content (AvgIpc) is 3.09. The van der Waals surface area contributed by atoms with Crippen molar-refractivity contribution in [3.05, 3.63) is 47.3 Å². The van der Waals surface area contributed by atoms with Gasteiger partial charge in [0.15, 0.2) is 0 Å². The monoisotopic (exact) mass is 358 g/mol. The first-order valence-corrected chi connectivity index (χ1v) is 9.64. The van der Waals surface area contributed by atoms with E-state index in [1.54, 1.807) is 11.8 Å². The van der Waals surface area contributed by atoms with Crippen LogP contribution >= 0.6 is 11.8 Å². The molecular formula is C18H22N4O2S. The fraction of sp³-hybridized carbons (Fsp3) is 0.444. The van der Waals surface area contributed by atoms with Gasteiger partial charge in [0.05, 0.1) is 25.5 Å². The number of aromatic nitrogens is 2. The molecule has 25 heavy (non-hydrogen) atoms. The van der Waals surface area contributed by atoms with Crippen molar-refractivity contribution in [3.8, 4) is 0 Å². The molecule has 0 saturated carbocycles. The summed E-state index contributed by atoms with van der Waals surface area (Å²) < 4.78 is 5.34. The number of benzene rings is 1. The largest absolute Gasteiger partial charge is 0.378 e. The lowest BCUT2D eigenvalue weighted by atomic mass is 10.1. The standard InChI is InChI=1S/C18H22N4O2S/c23-18(21-8-10-24-11-9-21)22-7-6-16-15(12-22)17(20-19-16)13-25-14-4-2-1-3-5-14/h1-5H,6-13H2,(H,19,20). The Kier molecular flexibility index (Phi) is 4.94. The molecule has 0 bridgehead atoms. The van der Waals surface area contributed by atoms with Gasteiger partial charge in [-0.2, -0.15) is 5.10 Å². The van der Waals surface area contributed by atoms with E-state index < -0.39 is 0 Å². The van der Waals surface area contributed by atoms with Crippen LogP contribution in [0.2, 0.25) is 0 Å². The van der Waals surface area contributed by atoms with Gasteiger partial charge in [-0.1, -0.05) is 18.2 Å². The van der Waals surface area contributed by atoms with E-state index in [-0.39, 0.29) is 6.03 Å². The van der Waals surface area contributed by atoms with Crippen LogP contribution in [0, 0.1) is 0 Å². The van der Waals surface area contributed by atoms with E-state index in [2.05, 4.69) is 22.3 Å². The second kappa shape index (κ2) is 7.49. The van der Waals surface area contributed by atoms with Crippen LogP contribution in [0.5, 0.6) is 0 Å². The Morgan fingerprint density at radius 3 is 2.76 bits per heavy atom. The third-order valence-corrected chi connectivity index (χ3v) is 5.71. The van der Waals surface area contributed by atoms with Gasteiger partial charge in [0.1, 0.15) is 0 Å². The Labute approximate surface area is 151 Å². The minimum absolute atomic E-state index is 0.122. The van der Waals surface area contributed by atoms with E-state index in [4.69, 9.17) is 4.74 Å². The van der Waals surface area contributed by atoms with Crippen LogP contribution in [-0.4, -0.2) is 58.9 Å². The zero-order chi connectivity index (χ0) is 17.1. The molecule has 1 aromatic heterocycles. The number of aromatic amines is 1. The minimum atomic E-state index is 0.122. The normalized spacial score (nSPS) is 17.4. The van der Waals surface area contributed by atoms with E-state index in [0.29, 0.717) is 32.8 Å². The van der Waals surface area contributed by atoms with Crippen molar-refractivity contribution in [2.75, 3.05) is 32.8 Å². The summed E-state index contributed by atoms with van der Waals surface area (Å²) >= 11 is 1.78. The summed E-state index contributed by atoms with van der Waals surface area (Å²) in [6, 6.07) is 10.5. The first-order chi connectivity index (χ1) is 12.3. The SMILES string of the molecule is O=C(N1CCOCC1)N1CCc2[nH]nc(CSc3ccccc3)c2C1. The maximum Gasteiger partial charge on any atom is 0.320 e. The fourth-order valence-corrected chi connectivity index (χ4v) is 4.15. The number of rotatable bonds is 3. The molecular weight excluding hydrogens is 336 g/mol. The zero-order valence-corrected chi connectivity index (χ0v) is 14.9. The highest BCUT2D eigenvalue weighted by Crippen LogP contribution is 2.27. The number of ether oxygens (including phenoxy) is 1. The molecule has 0 unspecified atom stereocenters. The highest BCUT2D eigenvalue weighted by atomic mass is 32.2. The van der Waals surface area contributed by atoms with Gasteiger partial charge >= 0.3 is 6.03 Å². The Bertz CT molecular complexity index is 728. The smallest absolute Gasteiger partial charge is 0.320 e. The molecule has 1 N–H and O–H groups in total. The number of urea groups is 1. The quantitative estimate of drug-likeness (QED) is 0.857. The molecule has 0 spiro atoms. The molecule has 3 heterocycles. The van der Waals surface area contributed by atoms with Crippen molar-refractivity contribution < 1.29 is 9.53 Å². The Hall–Kier alpha value is -1.99. The van der Waals surface area contributed by atoms with Gasteiger partial charge in [0.2, 0.25) is 0 Å². The third kappa shape index (κ3) is 3.67. The van der Waals surface area contributed by atoms with Crippen molar-refractivity contribution in [2.45, 2.75) is 23.6 Å². The molecule has 1 saturated heterocycles. The summed E-state index contributed by atoms with van der Waals surface area (Å²) in [4.78, 5) is 17.8. The number of nitrogens with one attached hydrogen (secondary N) is 1. The van der Waals surface area contributed by atoms with E-state index in [9.17, 15) is 4.79 Å². The first-order valence-electron chi connectivity index (χ1n) is 8.65. The molecule has 0 atom stereocenters. The third-order valence-electron chi connectivity index (χ3n) is 4.69. The van der Waals surface area contributed by atoms with Crippen LogP contribution in [0.4, 0.5) is 4.79 Å². The summed E-state index contributed by atoms with van der Waals surface area (Å²) in [5.74, 6) is 0.815. The topological polar surface area (TPSA) is 61.5 Å². The minimum Gasteiger partial charge on any atom is -0.378 e. The Balaban J connectivity index is 1.43. The summed E-state index contributed by atoms with van der Waals surface area (Å²) in [7, 11) is 0. The average molecular weight is 358 g/mol. The Morgan fingerprint density at radius 2 is 1.96 bits per heavy atom. The Morgan fingerprint density at radius 1 is 1.16 bits per heavy atom. The molecule has 7 heteroatoms. The predicted octanol–water partition coefficient (Wildman–Crippen LogP) is 2.51. The van der Waals surface area contributed by atoms with E-state index in [1.807, 2.05) is 28.0 Å². The van der Waals surface area contributed by atoms with Gasteiger partial charge in [-0.05, 0) is 12.1 Å². The highest BCUT2D eigenvalue weighted by molar-refractivity contribution is 7.98. The van der Waals surface area contributed by atoms with Crippen LogP contribution in [0.25, 0.3) is 0 Å².